The molecule has 0 atom stereocenters. The number of aryl methyl sites for hydroxylation is 1. The van der Waals surface area contributed by atoms with Gasteiger partial charge >= 0.3 is 0 Å². The minimum absolute atomic E-state index is 0. The van der Waals surface area contributed by atoms with E-state index in [1.807, 2.05) is 31.6 Å². The maximum Gasteiger partial charge on any atom is 0.224 e. The van der Waals surface area contributed by atoms with Crippen LogP contribution in [0.3, 0.4) is 0 Å². The second kappa shape index (κ2) is 7.55. The fourth-order valence-electron chi connectivity index (χ4n) is 1.83. The number of aromatic nitrogens is 2. The zero-order chi connectivity index (χ0) is 13.7. The van der Waals surface area contributed by atoms with E-state index < -0.39 is 0 Å². The number of hydrogen-bond donors (Lipinski definition) is 2. The molecule has 108 valence electrons. The van der Waals surface area contributed by atoms with Crippen LogP contribution in [-0.4, -0.2) is 22.2 Å². The van der Waals surface area contributed by atoms with E-state index in [1.165, 1.54) is 0 Å². The van der Waals surface area contributed by atoms with E-state index in [-0.39, 0.29) is 18.3 Å². The molecular formula is C14H19ClN4O. The van der Waals surface area contributed by atoms with Gasteiger partial charge in [-0.25, -0.2) is 0 Å². The molecule has 2 rings (SSSR count). The van der Waals surface area contributed by atoms with Crippen LogP contribution in [0.1, 0.15) is 11.1 Å². The van der Waals surface area contributed by atoms with E-state index in [0.717, 1.165) is 17.5 Å². The molecule has 0 spiro atoms. The Bertz CT molecular complexity index is 551. The molecule has 0 saturated carbocycles. The topological polar surface area (TPSA) is 72.9 Å². The minimum Gasteiger partial charge on any atom is -0.399 e. The van der Waals surface area contributed by atoms with Crippen molar-refractivity contribution in [3.63, 3.8) is 0 Å². The molecular weight excluding hydrogens is 276 g/mol. The molecule has 0 radical (unpaired) electrons. The van der Waals surface area contributed by atoms with Gasteiger partial charge in [-0.05, 0) is 29.7 Å². The van der Waals surface area contributed by atoms with Gasteiger partial charge in [0.25, 0.3) is 0 Å². The van der Waals surface area contributed by atoms with Crippen LogP contribution in [0.5, 0.6) is 0 Å². The van der Waals surface area contributed by atoms with Crippen molar-refractivity contribution in [1.82, 2.24) is 15.1 Å². The molecule has 0 unspecified atom stereocenters. The first-order valence-corrected chi connectivity index (χ1v) is 6.22. The summed E-state index contributed by atoms with van der Waals surface area (Å²) in [5.41, 5.74) is 8.39. The molecule has 0 aliphatic rings. The van der Waals surface area contributed by atoms with E-state index in [1.54, 1.807) is 16.8 Å². The van der Waals surface area contributed by atoms with E-state index in [9.17, 15) is 4.79 Å². The number of anilines is 1. The normalized spacial score (nSPS) is 9.85. The minimum atomic E-state index is 0. The molecule has 2 aromatic rings. The number of nitrogens with one attached hydrogen (secondary N) is 1. The predicted octanol–water partition coefficient (Wildman–Crippen LogP) is 1.33. The Kier molecular flexibility index (Phi) is 6.06. The molecule has 0 aliphatic heterocycles. The third-order valence-electron chi connectivity index (χ3n) is 2.84. The summed E-state index contributed by atoms with van der Waals surface area (Å²) in [6.45, 7) is 0.625. The number of carbonyl (C=O) groups is 1. The van der Waals surface area contributed by atoms with Gasteiger partial charge in [-0.2, -0.15) is 5.10 Å². The Balaban J connectivity index is 0.00000200. The van der Waals surface area contributed by atoms with Crippen LogP contribution in [0.15, 0.2) is 36.7 Å². The maximum atomic E-state index is 11.7. The third-order valence-corrected chi connectivity index (χ3v) is 2.84. The monoisotopic (exact) mass is 294 g/mol. The zero-order valence-electron chi connectivity index (χ0n) is 11.4. The fraction of sp³-hybridized carbons (Fsp3) is 0.286. The number of benzene rings is 1. The van der Waals surface area contributed by atoms with Gasteiger partial charge in [-0.3, -0.25) is 9.48 Å². The summed E-state index contributed by atoms with van der Waals surface area (Å²) in [5, 5.41) is 6.98. The molecule has 0 saturated heterocycles. The highest BCUT2D eigenvalue weighted by Crippen LogP contribution is 2.05. The average molecular weight is 295 g/mol. The molecule has 1 aromatic heterocycles. The molecule has 5 nitrogen and oxygen atoms in total. The Morgan fingerprint density at radius 3 is 2.60 bits per heavy atom. The number of rotatable bonds is 5. The molecule has 1 amide bonds. The summed E-state index contributed by atoms with van der Waals surface area (Å²) in [5.74, 6) is 0.0219. The van der Waals surface area contributed by atoms with Crippen molar-refractivity contribution in [2.75, 3.05) is 12.3 Å². The summed E-state index contributed by atoms with van der Waals surface area (Å²) in [6, 6.07) is 7.35. The van der Waals surface area contributed by atoms with E-state index in [2.05, 4.69) is 10.4 Å². The lowest BCUT2D eigenvalue weighted by Crippen LogP contribution is -2.27. The lowest BCUT2D eigenvalue weighted by Gasteiger charge is -2.04. The van der Waals surface area contributed by atoms with Crippen molar-refractivity contribution in [3.05, 3.63) is 47.8 Å². The second-order valence-corrected chi connectivity index (χ2v) is 4.54. The maximum absolute atomic E-state index is 11.7. The smallest absolute Gasteiger partial charge is 0.224 e. The molecule has 20 heavy (non-hydrogen) atoms. The quantitative estimate of drug-likeness (QED) is 0.817. The Morgan fingerprint density at radius 2 is 2.00 bits per heavy atom. The average Bonchev–Trinajstić information content (AvgIpc) is 2.78. The number of halogens is 1. The molecule has 1 aromatic carbocycles. The van der Waals surface area contributed by atoms with Crippen LogP contribution in [0, 0.1) is 0 Å². The number of amides is 1. The first-order chi connectivity index (χ1) is 9.13. The van der Waals surface area contributed by atoms with Crippen molar-refractivity contribution in [1.29, 1.82) is 0 Å². The van der Waals surface area contributed by atoms with Crippen molar-refractivity contribution >= 4 is 24.0 Å². The van der Waals surface area contributed by atoms with Crippen molar-refractivity contribution in [3.8, 4) is 0 Å². The molecule has 3 N–H and O–H groups in total. The number of hydrogen-bond acceptors (Lipinski definition) is 3. The summed E-state index contributed by atoms with van der Waals surface area (Å²) in [6.07, 6.45) is 4.94. The highest BCUT2D eigenvalue weighted by molar-refractivity contribution is 5.85. The number of nitrogens with two attached hydrogens (primary N) is 1. The molecule has 1 heterocycles. The van der Waals surface area contributed by atoms with Gasteiger partial charge in [0.05, 0.1) is 12.6 Å². The molecule has 0 aliphatic carbocycles. The number of nitrogen functional groups attached to an aromatic ring is 1. The fourth-order valence-corrected chi connectivity index (χ4v) is 1.83. The lowest BCUT2D eigenvalue weighted by molar-refractivity contribution is -0.120. The van der Waals surface area contributed by atoms with Gasteiger partial charge in [0.1, 0.15) is 0 Å². The number of nitrogens with zero attached hydrogens (tertiary/aromatic N) is 2. The standard InChI is InChI=1S/C14H18N4O.ClH/c1-18-10-12(9-17-18)6-7-16-14(19)8-11-2-4-13(15)5-3-11;/h2-5,9-10H,6-8,15H2,1H3,(H,16,19);1H. The van der Waals surface area contributed by atoms with Crippen LogP contribution in [0.4, 0.5) is 5.69 Å². The summed E-state index contributed by atoms with van der Waals surface area (Å²) in [4.78, 5) is 11.7. The van der Waals surface area contributed by atoms with Crippen LogP contribution >= 0.6 is 12.4 Å². The SMILES string of the molecule is Cl.Cn1cc(CCNC(=O)Cc2ccc(N)cc2)cn1. The van der Waals surface area contributed by atoms with Crippen LogP contribution < -0.4 is 11.1 Å². The summed E-state index contributed by atoms with van der Waals surface area (Å²) in [7, 11) is 1.88. The lowest BCUT2D eigenvalue weighted by atomic mass is 10.1. The van der Waals surface area contributed by atoms with Gasteiger partial charge in [-0.15, -0.1) is 12.4 Å². The second-order valence-electron chi connectivity index (χ2n) is 4.54. The van der Waals surface area contributed by atoms with E-state index in [4.69, 9.17) is 5.73 Å². The highest BCUT2D eigenvalue weighted by atomic mass is 35.5. The highest BCUT2D eigenvalue weighted by Gasteiger charge is 2.03. The van der Waals surface area contributed by atoms with Crippen molar-refractivity contribution < 1.29 is 4.79 Å². The van der Waals surface area contributed by atoms with Crippen molar-refractivity contribution in [2.45, 2.75) is 12.8 Å². The van der Waals surface area contributed by atoms with Crippen LogP contribution in [-0.2, 0) is 24.7 Å². The van der Waals surface area contributed by atoms with E-state index in [0.29, 0.717) is 18.7 Å². The molecule has 6 heteroatoms. The largest absolute Gasteiger partial charge is 0.399 e. The molecule has 0 bridgehead atoms. The van der Waals surface area contributed by atoms with Crippen LogP contribution in [0.2, 0.25) is 0 Å². The Labute approximate surface area is 124 Å². The molecule has 0 fully saturated rings. The first kappa shape index (κ1) is 16.0. The van der Waals surface area contributed by atoms with Gasteiger partial charge in [0.15, 0.2) is 0 Å². The summed E-state index contributed by atoms with van der Waals surface area (Å²) < 4.78 is 1.76. The zero-order valence-corrected chi connectivity index (χ0v) is 12.2. The van der Waals surface area contributed by atoms with Gasteiger partial charge in [-0.1, -0.05) is 12.1 Å². The predicted molar refractivity (Wildman–Crippen MR) is 81.7 cm³/mol. The van der Waals surface area contributed by atoms with Gasteiger partial charge in [0.2, 0.25) is 5.91 Å². The Hall–Kier alpha value is -2.01. The number of carbonyl (C=O) groups excluding carboxylic acids is 1. The van der Waals surface area contributed by atoms with E-state index >= 15 is 0 Å². The first-order valence-electron chi connectivity index (χ1n) is 6.22. The van der Waals surface area contributed by atoms with Crippen molar-refractivity contribution in [2.24, 2.45) is 7.05 Å². The van der Waals surface area contributed by atoms with Crippen LogP contribution in [0.25, 0.3) is 0 Å². The van der Waals surface area contributed by atoms with Gasteiger partial charge < -0.3 is 11.1 Å². The summed E-state index contributed by atoms with van der Waals surface area (Å²) >= 11 is 0. The van der Waals surface area contributed by atoms with Gasteiger partial charge in [0, 0.05) is 25.5 Å². The Morgan fingerprint density at radius 1 is 1.30 bits per heavy atom. The third kappa shape index (κ3) is 4.93.